The van der Waals surface area contributed by atoms with Gasteiger partial charge in [0, 0.05) is 10.7 Å². The Morgan fingerprint density at radius 1 is 1.26 bits per heavy atom. The fourth-order valence-corrected chi connectivity index (χ4v) is 3.17. The van der Waals surface area contributed by atoms with Gasteiger partial charge < -0.3 is 5.32 Å². The monoisotopic (exact) mass is 390 g/mol. The minimum atomic E-state index is -0.0358. The van der Waals surface area contributed by atoms with Crippen LogP contribution in [0.5, 0.6) is 0 Å². The summed E-state index contributed by atoms with van der Waals surface area (Å²) >= 11 is 4.78. The number of thioether (sulfide) groups is 1. The van der Waals surface area contributed by atoms with Crippen LogP contribution in [0.3, 0.4) is 0 Å². The van der Waals surface area contributed by atoms with E-state index in [-0.39, 0.29) is 11.9 Å². The summed E-state index contributed by atoms with van der Waals surface area (Å²) in [6.07, 6.45) is 1.89. The van der Waals surface area contributed by atoms with Gasteiger partial charge in [0.2, 0.25) is 5.91 Å². The highest BCUT2D eigenvalue weighted by molar-refractivity contribution is 9.10. The molecule has 0 aliphatic rings. The Kier molecular flexibility index (Phi) is 4.97. The molecule has 0 saturated carbocycles. The minimum Gasteiger partial charge on any atom is -0.349 e. The lowest BCUT2D eigenvalue weighted by molar-refractivity contribution is -0.119. The van der Waals surface area contributed by atoms with Crippen LogP contribution in [0.4, 0.5) is 0 Å². The Bertz CT molecular complexity index is 818. The van der Waals surface area contributed by atoms with Crippen LogP contribution in [0.15, 0.2) is 58.3 Å². The molecule has 3 aromatic rings. The summed E-state index contributed by atoms with van der Waals surface area (Å²) in [7, 11) is 0. The number of halogens is 1. The molecule has 3 rings (SSSR count). The summed E-state index contributed by atoms with van der Waals surface area (Å²) in [5, 5.41) is 11.9. The van der Waals surface area contributed by atoms with Gasteiger partial charge in [0.05, 0.1) is 11.8 Å². The van der Waals surface area contributed by atoms with E-state index in [1.807, 2.05) is 60.0 Å². The molecule has 0 aliphatic carbocycles. The molecule has 1 N–H and O–H groups in total. The number of hydrogen-bond acceptors (Lipinski definition) is 4. The first-order valence-electron chi connectivity index (χ1n) is 7.11. The van der Waals surface area contributed by atoms with Crippen LogP contribution in [0.2, 0.25) is 0 Å². The summed E-state index contributed by atoms with van der Waals surface area (Å²) in [5.41, 5.74) is 1.85. The van der Waals surface area contributed by atoms with Gasteiger partial charge >= 0.3 is 0 Å². The predicted octanol–water partition coefficient (Wildman–Crippen LogP) is 3.46. The number of pyridine rings is 1. The average molecular weight is 391 g/mol. The van der Waals surface area contributed by atoms with E-state index in [4.69, 9.17) is 0 Å². The lowest BCUT2D eigenvalue weighted by Gasteiger charge is -2.14. The van der Waals surface area contributed by atoms with Gasteiger partial charge in [-0.25, -0.2) is 0 Å². The maximum absolute atomic E-state index is 12.1. The van der Waals surface area contributed by atoms with Crippen molar-refractivity contribution in [1.29, 1.82) is 0 Å². The maximum atomic E-state index is 12.1. The molecule has 0 radical (unpaired) electrons. The molecule has 7 heteroatoms. The van der Waals surface area contributed by atoms with Gasteiger partial charge in [-0.3, -0.25) is 9.20 Å². The van der Waals surface area contributed by atoms with Gasteiger partial charge in [0.1, 0.15) is 0 Å². The normalized spacial score (nSPS) is 12.3. The van der Waals surface area contributed by atoms with Crippen LogP contribution < -0.4 is 5.32 Å². The van der Waals surface area contributed by atoms with Crippen LogP contribution in [-0.2, 0) is 4.79 Å². The van der Waals surface area contributed by atoms with E-state index < -0.39 is 0 Å². The third-order valence-electron chi connectivity index (χ3n) is 3.36. The Morgan fingerprint density at radius 2 is 2.04 bits per heavy atom. The molecule has 118 valence electrons. The van der Waals surface area contributed by atoms with E-state index in [1.165, 1.54) is 11.8 Å². The summed E-state index contributed by atoms with van der Waals surface area (Å²) in [4.78, 5) is 12.1. The largest absolute Gasteiger partial charge is 0.349 e. The first kappa shape index (κ1) is 16.0. The van der Waals surface area contributed by atoms with E-state index in [0.29, 0.717) is 10.9 Å². The van der Waals surface area contributed by atoms with Gasteiger partial charge in [-0.15, -0.1) is 10.2 Å². The molecular weight excluding hydrogens is 376 g/mol. The molecule has 1 atom stereocenters. The standard InChI is InChI=1S/C16H15BrN4OS/c1-11(12-5-7-13(17)8-6-12)18-15(22)10-23-16-20-19-14-4-2-3-9-21(14)16/h2-9,11H,10H2,1H3,(H,18,22). The zero-order chi connectivity index (χ0) is 16.2. The van der Waals surface area contributed by atoms with Crippen LogP contribution in [0.1, 0.15) is 18.5 Å². The maximum Gasteiger partial charge on any atom is 0.230 e. The zero-order valence-corrected chi connectivity index (χ0v) is 14.8. The van der Waals surface area contributed by atoms with Crippen LogP contribution >= 0.6 is 27.7 Å². The van der Waals surface area contributed by atoms with Crippen molar-refractivity contribution >= 4 is 39.2 Å². The highest BCUT2D eigenvalue weighted by atomic mass is 79.9. The summed E-state index contributed by atoms with van der Waals surface area (Å²) < 4.78 is 2.89. The number of aromatic nitrogens is 3. The molecule has 1 amide bonds. The highest BCUT2D eigenvalue weighted by Gasteiger charge is 2.12. The topological polar surface area (TPSA) is 59.3 Å². The quantitative estimate of drug-likeness (QED) is 0.677. The van der Waals surface area contributed by atoms with Crippen molar-refractivity contribution in [1.82, 2.24) is 19.9 Å². The Balaban J connectivity index is 1.58. The smallest absolute Gasteiger partial charge is 0.230 e. The van der Waals surface area contributed by atoms with Gasteiger partial charge in [-0.05, 0) is 36.8 Å². The summed E-state index contributed by atoms with van der Waals surface area (Å²) in [6.45, 7) is 1.97. The fourth-order valence-electron chi connectivity index (χ4n) is 2.17. The Labute approximate surface area is 146 Å². The molecule has 0 fully saturated rings. The van der Waals surface area contributed by atoms with Crippen molar-refractivity contribution in [3.63, 3.8) is 0 Å². The Hall–Kier alpha value is -1.86. The van der Waals surface area contributed by atoms with E-state index >= 15 is 0 Å². The van der Waals surface area contributed by atoms with Crippen LogP contribution in [0, 0.1) is 0 Å². The van der Waals surface area contributed by atoms with E-state index in [9.17, 15) is 4.79 Å². The number of benzene rings is 1. The number of nitrogens with zero attached hydrogens (tertiary/aromatic N) is 3. The Morgan fingerprint density at radius 3 is 2.83 bits per heavy atom. The molecule has 23 heavy (non-hydrogen) atoms. The van der Waals surface area contributed by atoms with Gasteiger partial charge in [0.15, 0.2) is 10.8 Å². The highest BCUT2D eigenvalue weighted by Crippen LogP contribution is 2.18. The van der Waals surface area contributed by atoms with Crippen LogP contribution in [0.25, 0.3) is 5.65 Å². The van der Waals surface area contributed by atoms with Crippen molar-refractivity contribution in [2.24, 2.45) is 0 Å². The van der Waals surface area contributed by atoms with E-state index in [1.54, 1.807) is 0 Å². The SMILES string of the molecule is CC(NC(=O)CSc1nnc2ccccn12)c1ccc(Br)cc1. The predicted molar refractivity (Wildman–Crippen MR) is 94.4 cm³/mol. The summed E-state index contributed by atoms with van der Waals surface area (Å²) in [6, 6.07) is 13.6. The molecule has 0 spiro atoms. The van der Waals surface area contributed by atoms with Crippen molar-refractivity contribution in [2.75, 3.05) is 5.75 Å². The van der Waals surface area contributed by atoms with Crippen molar-refractivity contribution in [3.05, 3.63) is 58.7 Å². The van der Waals surface area contributed by atoms with Gasteiger partial charge in [-0.1, -0.05) is 45.9 Å². The molecule has 2 heterocycles. The molecule has 5 nitrogen and oxygen atoms in total. The van der Waals surface area contributed by atoms with Crippen molar-refractivity contribution in [3.8, 4) is 0 Å². The second-order valence-electron chi connectivity index (χ2n) is 5.04. The summed E-state index contributed by atoms with van der Waals surface area (Å²) in [5.74, 6) is 0.273. The van der Waals surface area contributed by atoms with Crippen molar-refractivity contribution < 1.29 is 4.79 Å². The first-order chi connectivity index (χ1) is 11.1. The van der Waals surface area contributed by atoms with E-state index in [0.717, 1.165) is 15.7 Å². The lowest BCUT2D eigenvalue weighted by Crippen LogP contribution is -2.28. The van der Waals surface area contributed by atoms with Gasteiger partial charge in [-0.2, -0.15) is 0 Å². The number of fused-ring (bicyclic) bond motifs is 1. The molecule has 2 aromatic heterocycles. The first-order valence-corrected chi connectivity index (χ1v) is 8.89. The van der Waals surface area contributed by atoms with Gasteiger partial charge in [0.25, 0.3) is 0 Å². The molecular formula is C16H15BrN4OS. The second kappa shape index (κ2) is 7.14. The average Bonchev–Trinajstić information content (AvgIpc) is 2.97. The third kappa shape index (κ3) is 3.92. The molecule has 0 saturated heterocycles. The molecule has 0 aliphatic heterocycles. The number of carbonyl (C=O) groups excluding carboxylic acids is 1. The molecule has 1 unspecified atom stereocenters. The molecule has 1 aromatic carbocycles. The fraction of sp³-hybridized carbons (Fsp3) is 0.188. The lowest BCUT2D eigenvalue weighted by atomic mass is 10.1. The van der Waals surface area contributed by atoms with E-state index in [2.05, 4.69) is 31.4 Å². The number of carbonyl (C=O) groups is 1. The minimum absolute atomic E-state index is 0.0295. The third-order valence-corrected chi connectivity index (χ3v) is 4.83. The number of amides is 1. The van der Waals surface area contributed by atoms with Crippen LogP contribution in [-0.4, -0.2) is 26.3 Å². The van der Waals surface area contributed by atoms with Crippen molar-refractivity contribution in [2.45, 2.75) is 18.1 Å². The number of nitrogens with one attached hydrogen (secondary N) is 1. The molecule has 0 bridgehead atoms. The number of rotatable bonds is 5. The second-order valence-corrected chi connectivity index (χ2v) is 6.90. The zero-order valence-electron chi connectivity index (χ0n) is 12.4. The number of hydrogen-bond donors (Lipinski definition) is 1.